The first-order valence-corrected chi connectivity index (χ1v) is 8.13. The molecule has 0 bridgehead atoms. The summed E-state index contributed by atoms with van der Waals surface area (Å²) >= 11 is 0. The van der Waals surface area contributed by atoms with E-state index in [0.29, 0.717) is 0 Å². The maximum atomic E-state index is 2.77. The van der Waals surface area contributed by atoms with Crippen molar-refractivity contribution in [3.05, 3.63) is 0 Å². The van der Waals surface area contributed by atoms with Crippen LogP contribution >= 0.6 is 0 Å². The first kappa shape index (κ1) is 14.3. The zero-order valence-corrected chi connectivity index (χ0v) is 12.7. The monoisotopic (exact) mass is 252 g/mol. The topological polar surface area (TPSA) is 6.48 Å². The Morgan fingerprint density at radius 1 is 0.944 bits per heavy atom. The van der Waals surface area contributed by atoms with Gasteiger partial charge >= 0.3 is 0 Å². The number of nitrogens with zero attached hydrogens (tertiary/aromatic N) is 2. The molecule has 2 heterocycles. The number of hydrogen-bond acceptors (Lipinski definition) is 2. The molecule has 2 saturated heterocycles. The second kappa shape index (κ2) is 6.91. The molecule has 0 aromatic rings. The van der Waals surface area contributed by atoms with Crippen LogP contribution in [0.3, 0.4) is 0 Å². The Balaban J connectivity index is 1.61. The van der Waals surface area contributed by atoms with E-state index in [9.17, 15) is 0 Å². The Hall–Kier alpha value is -0.0800. The molecule has 0 N–H and O–H groups in total. The van der Waals surface area contributed by atoms with Crippen molar-refractivity contribution in [2.75, 3.05) is 33.2 Å². The van der Waals surface area contributed by atoms with Gasteiger partial charge in [-0.05, 0) is 32.2 Å². The Morgan fingerprint density at radius 3 is 2.17 bits per heavy atom. The molecule has 106 valence electrons. The zero-order valence-electron chi connectivity index (χ0n) is 12.7. The van der Waals surface area contributed by atoms with E-state index in [2.05, 4.69) is 30.7 Å². The largest absolute Gasteiger partial charge is 0.306 e. The molecular formula is C16H32N2. The average Bonchev–Trinajstić information content (AvgIpc) is 2.85. The van der Waals surface area contributed by atoms with E-state index >= 15 is 0 Å². The molecular weight excluding hydrogens is 220 g/mol. The predicted molar refractivity (Wildman–Crippen MR) is 78.9 cm³/mol. The summed E-state index contributed by atoms with van der Waals surface area (Å²) in [5.41, 5.74) is 0. The fourth-order valence-corrected chi connectivity index (χ4v) is 3.85. The molecule has 0 saturated carbocycles. The van der Waals surface area contributed by atoms with Crippen molar-refractivity contribution in [1.29, 1.82) is 0 Å². The highest BCUT2D eigenvalue weighted by atomic mass is 15.2. The third-order valence-electron chi connectivity index (χ3n) is 5.05. The van der Waals surface area contributed by atoms with E-state index in [1.165, 1.54) is 64.7 Å². The molecule has 2 aliphatic heterocycles. The summed E-state index contributed by atoms with van der Waals surface area (Å²) in [6, 6.07) is 0.822. The van der Waals surface area contributed by atoms with Gasteiger partial charge in [0, 0.05) is 32.2 Å². The minimum atomic E-state index is 0.822. The summed E-state index contributed by atoms with van der Waals surface area (Å²) in [7, 11) is 2.28. The van der Waals surface area contributed by atoms with Gasteiger partial charge in [-0.2, -0.15) is 0 Å². The van der Waals surface area contributed by atoms with Crippen LogP contribution < -0.4 is 0 Å². The van der Waals surface area contributed by atoms with Gasteiger partial charge in [0.25, 0.3) is 0 Å². The van der Waals surface area contributed by atoms with Gasteiger partial charge in [0.1, 0.15) is 0 Å². The normalized spacial score (nSPS) is 30.8. The smallest absolute Gasteiger partial charge is 0.00671 e. The van der Waals surface area contributed by atoms with Crippen molar-refractivity contribution in [3.63, 3.8) is 0 Å². The fraction of sp³-hybridized carbons (Fsp3) is 1.00. The summed E-state index contributed by atoms with van der Waals surface area (Å²) in [5.74, 6) is 1.94. The highest BCUT2D eigenvalue weighted by Crippen LogP contribution is 2.32. The lowest BCUT2D eigenvalue weighted by atomic mass is 10.0. The lowest BCUT2D eigenvalue weighted by Crippen LogP contribution is -2.34. The summed E-state index contributed by atoms with van der Waals surface area (Å²) < 4.78 is 0. The number of fused-ring (bicyclic) bond motifs is 1. The van der Waals surface area contributed by atoms with Crippen LogP contribution in [0.25, 0.3) is 0 Å². The molecule has 3 unspecified atom stereocenters. The number of likely N-dealkylation sites (tertiary alicyclic amines) is 2. The van der Waals surface area contributed by atoms with E-state index in [0.717, 1.165) is 17.9 Å². The Bertz CT molecular complexity index is 227. The molecule has 2 heteroatoms. The molecule has 0 spiro atoms. The van der Waals surface area contributed by atoms with Crippen molar-refractivity contribution in [2.24, 2.45) is 11.8 Å². The molecule has 2 aliphatic rings. The third-order valence-corrected chi connectivity index (χ3v) is 5.05. The minimum absolute atomic E-state index is 0.822. The number of hydrogen-bond donors (Lipinski definition) is 0. The van der Waals surface area contributed by atoms with Crippen molar-refractivity contribution in [2.45, 2.75) is 58.4 Å². The highest BCUT2D eigenvalue weighted by Gasteiger charge is 2.39. The van der Waals surface area contributed by atoms with E-state index in [1.54, 1.807) is 0 Å². The van der Waals surface area contributed by atoms with E-state index < -0.39 is 0 Å². The predicted octanol–water partition coefficient (Wildman–Crippen LogP) is 3.23. The van der Waals surface area contributed by atoms with Gasteiger partial charge in [0.2, 0.25) is 0 Å². The second-order valence-electron chi connectivity index (χ2n) is 6.75. The standard InChI is InChI=1S/C16H32N2/c1-4-5-6-7-8-9-14(2)18-12-15-10-17(3)11-16(15)13-18/h14-16H,4-13H2,1-3H3. The molecule has 0 radical (unpaired) electrons. The second-order valence-corrected chi connectivity index (χ2v) is 6.75. The molecule has 0 aromatic heterocycles. The molecule has 0 aliphatic carbocycles. The van der Waals surface area contributed by atoms with Crippen LogP contribution in [-0.4, -0.2) is 49.1 Å². The first-order chi connectivity index (χ1) is 8.70. The van der Waals surface area contributed by atoms with Gasteiger partial charge < -0.3 is 4.90 Å². The van der Waals surface area contributed by atoms with E-state index in [4.69, 9.17) is 0 Å². The van der Waals surface area contributed by atoms with E-state index in [-0.39, 0.29) is 0 Å². The summed E-state index contributed by atoms with van der Waals surface area (Å²) in [5, 5.41) is 0. The van der Waals surface area contributed by atoms with Crippen molar-refractivity contribution in [1.82, 2.24) is 9.80 Å². The number of rotatable bonds is 7. The Morgan fingerprint density at radius 2 is 1.56 bits per heavy atom. The SMILES string of the molecule is CCCCCCCC(C)N1CC2CN(C)CC2C1. The van der Waals surface area contributed by atoms with Crippen LogP contribution in [-0.2, 0) is 0 Å². The molecule has 3 atom stereocenters. The lowest BCUT2D eigenvalue weighted by Gasteiger charge is -2.26. The molecule has 18 heavy (non-hydrogen) atoms. The van der Waals surface area contributed by atoms with E-state index in [1.807, 2.05) is 0 Å². The zero-order chi connectivity index (χ0) is 13.0. The summed E-state index contributed by atoms with van der Waals surface area (Å²) in [4.78, 5) is 5.28. The third kappa shape index (κ3) is 3.71. The van der Waals surface area contributed by atoms with Crippen LogP contribution in [0.5, 0.6) is 0 Å². The summed E-state index contributed by atoms with van der Waals surface area (Å²) in [6.07, 6.45) is 8.53. The highest BCUT2D eigenvalue weighted by molar-refractivity contribution is 4.93. The van der Waals surface area contributed by atoms with Gasteiger partial charge in [-0.25, -0.2) is 0 Å². The molecule has 0 aromatic carbocycles. The van der Waals surface area contributed by atoms with Gasteiger partial charge in [-0.3, -0.25) is 4.90 Å². The van der Waals surface area contributed by atoms with Gasteiger partial charge in [0.05, 0.1) is 0 Å². The van der Waals surface area contributed by atoms with Crippen molar-refractivity contribution >= 4 is 0 Å². The first-order valence-electron chi connectivity index (χ1n) is 8.13. The summed E-state index contributed by atoms with van der Waals surface area (Å²) in [6.45, 7) is 10.2. The van der Waals surface area contributed by atoms with Crippen LogP contribution in [0.15, 0.2) is 0 Å². The van der Waals surface area contributed by atoms with Crippen LogP contribution in [0.2, 0.25) is 0 Å². The molecule has 2 fully saturated rings. The average molecular weight is 252 g/mol. The maximum Gasteiger partial charge on any atom is 0.00671 e. The Labute approximate surface area is 114 Å². The minimum Gasteiger partial charge on any atom is -0.306 e. The fourth-order valence-electron chi connectivity index (χ4n) is 3.85. The Kier molecular flexibility index (Phi) is 5.50. The van der Waals surface area contributed by atoms with Gasteiger partial charge in [-0.15, -0.1) is 0 Å². The molecule has 2 nitrogen and oxygen atoms in total. The quantitative estimate of drug-likeness (QED) is 0.642. The molecule has 0 amide bonds. The lowest BCUT2D eigenvalue weighted by molar-refractivity contribution is 0.211. The van der Waals surface area contributed by atoms with Gasteiger partial charge in [-0.1, -0.05) is 39.0 Å². The number of unbranched alkanes of at least 4 members (excludes halogenated alkanes) is 4. The van der Waals surface area contributed by atoms with Crippen LogP contribution in [0.4, 0.5) is 0 Å². The maximum absolute atomic E-state index is 2.77. The van der Waals surface area contributed by atoms with Crippen LogP contribution in [0, 0.1) is 11.8 Å². The van der Waals surface area contributed by atoms with Crippen molar-refractivity contribution < 1.29 is 0 Å². The van der Waals surface area contributed by atoms with Crippen LogP contribution in [0.1, 0.15) is 52.4 Å². The van der Waals surface area contributed by atoms with Crippen molar-refractivity contribution in [3.8, 4) is 0 Å². The van der Waals surface area contributed by atoms with Gasteiger partial charge in [0.15, 0.2) is 0 Å². The molecule has 2 rings (SSSR count).